The quantitative estimate of drug-likeness (QED) is 0.927. The van der Waals surface area contributed by atoms with Crippen molar-refractivity contribution >= 4 is 21.6 Å². The Bertz CT molecular complexity index is 433. The molecule has 1 atom stereocenters. The zero-order valence-corrected chi connectivity index (χ0v) is 13.7. The Morgan fingerprint density at radius 2 is 2.16 bits per heavy atom. The van der Waals surface area contributed by atoms with Gasteiger partial charge in [0.05, 0.1) is 0 Å². The molecular formula is C15H24BrN3. The molecule has 1 heterocycles. The van der Waals surface area contributed by atoms with E-state index in [1.54, 1.807) is 0 Å². The molecule has 1 aliphatic heterocycles. The van der Waals surface area contributed by atoms with Gasteiger partial charge in [0.2, 0.25) is 0 Å². The number of hydrogen-bond acceptors (Lipinski definition) is 3. The van der Waals surface area contributed by atoms with Crippen LogP contribution >= 0.6 is 15.9 Å². The molecule has 1 saturated heterocycles. The highest BCUT2D eigenvalue weighted by Gasteiger charge is 2.38. The first-order valence-electron chi connectivity index (χ1n) is 6.87. The van der Waals surface area contributed by atoms with Crippen LogP contribution in [0.25, 0.3) is 0 Å². The normalized spacial score (nSPS) is 23.6. The van der Waals surface area contributed by atoms with E-state index >= 15 is 0 Å². The van der Waals surface area contributed by atoms with E-state index in [1.807, 2.05) is 0 Å². The summed E-state index contributed by atoms with van der Waals surface area (Å²) in [4.78, 5) is 4.96. The lowest BCUT2D eigenvalue weighted by Crippen LogP contribution is -2.63. The van der Waals surface area contributed by atoms with Gasteiger partial charge in [0.1, 0.15) is 0 Å². The van der Waals surface area contributed by atoms with Gasteiger partial charge in [-0.1, -0.05) is 22.0 Å². The van der Waals surface area contributed by atoms with Gasteiger partial charge in [0, 0.05) is 34.8 Å². The SMILES string of the molecule is CN1CC(CCN)N(c2cccc(Br)c2)C(C)(C)C1. The number of benzene rings is 1. The minimum Gasteiger partial charge on any atom is -0.361 e. The van der Waals surface area contributed by atoms with E-state index in [0.29, 0.717) is 6.04 Å². The molecule has 0 bridgehead atoms. The molecule has 0 saturated carbocycles. The van der Waals surface area contributed by atoms with Crippen LogP contribution in [0, 0.1) is 0 Å². The van der Waals surface area contributed by atoms with Gasteiger partial charge >= 0.3 is 0 Å². The number of nitrogens with zero attached hydrogens (tertiary/aromatic N) is 2. The van der Waals surface area contributed by atoms with Crippen LogP contribution in [0.4, 0.5) is 5.69 Å². The second-order valence-corrected chi connectivity index (χ2v) is 7.01. The van der Waals surface area contributed by atoms with Crippen molar-refractivity contribution in [2.45, 2.75) is 31.8 Å². The molecule has 0 spiro atoms. The van der Waals surface area contributed by atoms with Gasteiger partial charge in [-0.15, -0.1) is 0 Å². The van der Waals surface area contributed by atoms with E-state index in [1.165, 1.54) is 5.69 Å². The Balaban J connectivity index is 2.36. The fourth-order valence-electron chi connectivity index (χ4n) is 3.34. The molecule has 0 aromatic heterocycles. The molecule has 1 unspecified atom stereocenters. The van der Waals surface area contributed by atoms with Crippen LogP contribution in [0.3, 0.4) is 0 Å². The monoisotopic (exact) mass is 325 g/mol. The molecule has 1 aromatic carbocycles. The van der Waals surface area contributed by atoms with Crippen molar-refractivity contribution in [1.82, 2.24) is 4.90 Å². The third kappa shape index (κ3) is 3.30. The molecular weight excluding hydrogens is 302 g/mol. The molecule has 3 nitrogen and oxygen atoms in total. The predicted molar refractivity (Wildman–Crippen MR) is 85.7 cm³/mol. The van der Waals surface area contributed by atoms with Crippen LogP contribution in [0.1, 0.15) is 20.3 Å². The molecule has 2 rings (SSSR count). The van der Waals surface area contributed by atoms with Gasteiger partial charge in [0.25, 0.3) is 0 Å². The van der Waals surface area contributed by atoms with Crippen molar-refractivity contribution in [3.63, 3.8) is 0 Å². The maximum absolute atomic E-state index is 5.81. The summed E-state index contributed by atoms with van der Waals surface area (Å²) in [6.07, 6.45) is 1.03. The Kier molecular flexibility index (Phi) is 4.54. The van der Waals surface area contributed by atoms with Gasteiger partial charge in [-0.2, -0.15) is 0 Å². The van der Waals surface area contributed by atoms with Crippen LogP contribution in [-0.2, 0) is 0 Å². The molecule has 4 heteroatoms. The van der Waals surface area contributed by atoms with Gasteiger partial charge in [-0.3, -0.25) is 0 Å². The summed E-state index contributed by atoms with van der Waals surface area (Å²) < 4.78 is 1.13. The summed E-state index contributed by atoms with van der Waals surface area (Å²) in [6, 6.07) is 9.06. The second kappa shape index (κ2) is 5.81. The van der Waals surface area contributed by atoms with Crippen molar-refractivity contribution in [1.29, 1.82) is 0 Å². The molecule has 106 valence electrons. The number of piperazine rings is 1. The Morgan fingerprint density at radius 3 is 2.79 bits per heavy atom. The summed E-state index contributed by atoms with van der Waals surface area (Å²) in [5, 5.41) is 0. The number of halogens is 1. The van der Waals surface area contributed by atoms with Crippen molar-refractivity contribution in [3.05, 3.63) is 28.7 Å². The fraction of sp³-hybridized carbons (Fsp3) is 0.600. The predicted octanol–water partition coefficient (Wildman–Crippen LogP) is 2.70. The van der Waals surface area contributed by atoms with Gasteiger partial charge < -0.3 is 15.5 Å². The van der Waals surface area contributed by atoms with Gasteiger partial charge in [0.15, 0.2) is 0 Å². The number of rotatable bonds is 3. The van der Waals surface area contributed by atoms with Crippen LogP contribution in [0.5, 0.6) is 0 Å². The Hall–Kier alpha value is -0.580. The van der Waals surface area contributed by atoms with Crippen LogP contribution < -0.4 is 10.6 Å². The molecule has 1 aliphatic rings. The Morgan fingerprint density at radius 1 is 1.42 bits per heavy atom. The minimum absolute atomic E-state index is 0.119. The topological polar surface area (TPSA) is 32.5 Å². The van der Waals surface area contributed by atoms with Gasteiger partial charge in [-0.05, 0) is 52.1 Å². The molecule has 0 amide bonds. The first-order chi connectivity index (χ1) is 8.94. The summed E-state index contributed by atoms with van der Waals surface area (Å²) >= 11 is 3.58. The minimum atomic E-state index is 0.119. The van der Waals surface area contributed by atoms with E-state index in [-0.39, 0.29) is 5.54 Å². The van der Waals surface area contributed by atoms with E-state index < -0.39 is 0 Å². The third-order valence-electron chi connectivity index (χ3n) is 3.78. The smallest absolute Gasteiger partial charge is 0.0476 e. The van der Waals surface area contributed by atoms with Crippen molar-refractivity contribution in [2.24, 2.45) is 5.73 Å². The van der Waals surface area contributed by atoms with E-state index in [9.17, 15) is 0 Å². The third-order valence-corrected chi connectivity index (χ3v) is 4.28. The summed E-state index contributed by atoms with van der Waals surface area (Å²) in [7, 11) is 2.20. The maximum atomic E-state index is 5.81. The average molecular weight is 326 g/mol. The number of hydrogen-bond donors (Lipinski definition) is 1. The second-order valence-electron chi connectivity index (χ2n) is 6.09. The van der Waals surface area contributed by atoms with Crippen LogP contribution in [-0.4, -0.2) is 43.2 Å². The van der Waals surface area contributed by atoms with Crippen molar-refractivity contribution in [3.8, 4) is 0 Å². The lowest BCUT2D eigenvalue weighted by atomic mass is 9.92. The molecule has 2 N–H and O–H groups in total. The van der Waals surface area contributed by atoms with Gasteiger partial charge in [-0.25, -0.2) is 0 Å². The van der Waals surface area contributed by atoms with Crippen LogP contribution in [0.2, 0.25) is 0 Å². The largest absolute Gasteiger partial charge is 0.361 e. The zero-order chi connectivity index (χ0) is 14.0. The lowest BCUT2D eigenvalue weighted by Gasteiger charge is -2.52. The molecule has 0 radical (unpaired) electrons. The summed E-state index contributed by atoms with van der Waals surface area (Å²) in [6.45, 7) is 7.51. The first kappa shape index (κ1) is 14.8. The highest BCUT2D eigenvalue weighted by molar-refractivity contribution is 9.10. The van der Waals surface area contributed by atoms with Crippen molar-refractivity contribution in [2.75, 3.05) is 31.6 Å². The maximum Gasteiger partial charge on any atom is 0.0476 e. The zero-order valence-electron chi connectivity index (χ0n) is 12.1. The first-order valence-corrected chi connectivity index (χ1v) is 7.67. The highest BCUT2D eigenvalue weighted by Crippen LogP contribution is 2.33. The van der Waals surface area contributed by atoms with Crippen molar-refractivity contribution < 1.29 is 0 Å². The summed E-state index contributed by atoms with van der Waals surface area (Å²) in [5.41, 5.74) is 7.21. The highest BCUT2D eigenvalue weighted by atomic mass is 79.9. The van der Waals surface area contributed by atoms with E-state index in [4.69, 9.17) is 5.73 Å². The molecule has 1 aromatic rings. The standard InChI is InChI=1S/C15H24BrN3/c1-15(2)11-18(3)10-14(7-8-17)19(15)13-6-4-5-12(16)9-13/h4-6,9,14H,7-8,10-11,17H2,1-3H3. The molecule has 0 aliphatic carbocycles. The Labute approximate surface area is 124 Å². The molecule has 1 fully saturated rings. The molecule has 19 heavy (non-hydrogen) atoms. The van der Waals surface area contributed by atoms with E-state index in [0.717, 1.165) is 30.5 Å². The average Bonchev–Trinajstić information content (AvgIpc) is 2.26. The van der Waals surface area contributed by atoms with Crippen LogP contribution in [0.15, 0.2) is 28.7 Å². The fourth-order valence-corrected chi connectivity index (χ4v) is 3.72. The number of anilines is 1. The van der Waals surface area contributed by atoms with E-state index in [2.05, 4.69) is 70.9 Å². The number of nitrogens with two attached hydrogens (primary N) is 1. The summed E-state index contributed by atoms with van der Waals surface area (Å²) in [5.74, 6) is 0. The lowest BCUT2D eigenvalue weighted by molar-refractivity contribution is 0.176. The number of likely N-dealkylation sites (N-methyl/N-ethyl adjacent to an activating group) is 1.